The Morgan fingerprint density at radius 3 is 1.83 bits per heavy atom. The van der Waals surface area contributed by atoms with Crippen LogP contribution in [0.4, 0.5) is 0 Å². The second-order valence-corrected chi connectivity index (χ2v) is 14.4. The van der Waals surface area contributed by atoms with Crippen LogP contribution < -0.4 is 31.2 Å². The molecule has 308 valence electrons. The van der Waals surface area contributed by atoms with Gasteiger partial charge in [-0.3, -0.25) is 14.4 Å². The van der Waals surface area contributed by atoms with Gasteiger partial charge in [0.2, 0.25) is 17.7 Å². The van der Waals surface area contributed by atoms with Gasteiger partial charge in [-0.2, -0.15) is 0 Å². The van der Waals surface area contributed by atoms with Crippen molar-refractivity contribution in [3.05, 3.63) is 133 Å². The van der Waals surface area contributed by atoms with Gasteiger partial charge >= 0.3 is 5.97 Å². The molecule has 59 heavy (non-hydrogen) atoms. The smallest absolute Gasteiger partial charge is 0.329 e. The molecule has 1 unspecified atom stereocenters. The molecule has 0 radical (unpaired) electrons. The number of carbonyl (C=O) groups excluding carboxylic acids is 4. The minimum Gasteiger partial charge on any atom is -0.496 e. The van der Waals surface area contributed by atoms with E-state index in [0.717, 1.165) is 43.8 Å². The average molecular weight is 800 g/mol. The molecule has 0 aliphatic carbocycles. The minimum atomic E-state index is -1.11. The Morgan fingerprint density at radius 2 is 1.25 bits per heavy atom. The van der Waals surface area contributed by atoms with Crippen LogP contribution in [0.1, 0.15) is 49.3 Å². The van der Waals surface area contributed by atoms with Crippen LogP contribution in [-0.2, 0) is 43.4 Å². The summed E-state index contributed by atoms with van der Waals surface area (Å²) in [6, 6.07) is 26.1. The SMILES string of the molecule is C=CCc1cc2ccccc2c(-c2c(OC)c(CC(NC(C)=O)C(=O)N[C@H](CCCC[NH3+])C(=O)N[C@@H](CC=C)C(=O)OCc3ccccc3)cc3ccccc23)c1OC. The number of carbonyl (C=O) groups is 4. The fourth-order valence-corrected chi connectivity index (χ4v) is 7.42. The number of fused-ring (bicyclic) bond motifs is 2. The Hall–Kier alpha value is -6.46. The summed E-state index contributed by atoms with van der Waals surface area (Å²) in [7, 11) is 3.23. The third kappa shape index (κ3) is 10.9. The zero-order chi connectivity index (χ0) is 42.3. The highest BCUT2D eigenvalue weighted by molar-refractivity contribution is 6.11. The highest BCUT2D eigenvalue weighted by atomic mass is 16.5. The molecule has 0 aromatic heterocycles. The van der Waals surface area contributed by atoms with Crippen molar-refractivity contribution in [2.45, 2.75) is 70.2 Å². The van der Waals surface area contributed by atoms with Gasteiger partial charge in [-0.1, -0.05) is 91.0 Å². The molecule has 6 N–H and O–H groups in total. The van der Waals surface area contributed by atoms with E-state index in [-0.39, 0.29) is 25.9 Å². The van der Waals surface area contributed by atoms with Crippen molar-refractivity contribution >= 4 is 45.2 Å². The Kier molecular flexibility index (Phi) is 15.8. The number of esters is 1. The number of quaternary nitrogens is 1. The van der Waals surface area contributed by atoms with Gasteiger partial charge in [-0.05, 0) is 82.5 Å². The molecule has 0 saturated heterocycles. The summed E-state index contributed by atoms with van der Waals surface area (Å²) in [6.07, 6.45) is 5.65. The summed E-state index contributed by atoms with van der Waals surface area (Å²) >= 11 is 0. The molecule has 11 heteroatoms. The van der Waals surface area contributed by atoms with Gasteiger partial charge in [0, 0.05) is 24.5 Å². The number of rotatable bonds is 21. The highest BCUT2D eigenvalue weighted by Crippen LogP contribution is 2.48. The van der Waals surface area contributed by atoms with Crippen LogP contribution in [0, 0.1) is 0 Å². The van der Waals surface area contributed by atoms with Crippen LogP contribution in [0.25, 0.3) is 32.7 Å². The van der Waals surface area contributed by atoms with E-state index in [4.69, 9.17) is 14.2 Å². The van der Waals surface area contributed by atoms with Gasteiger partial charge in [-0.15, -0.1) is 13.2 Å². The van der Waals surface area contributed by atoms with Crippen molar-refractivity contribution in [3.8, 4) is 22.6 Å². The maximum atomic E-state index is 14.3. The number of ether oxygens (including phenoxy) is 3. The number of methoxy groups -OCH3 is 2. The van der Waals surface area contributed by atoms with E-state index in [0.29, 0.717) is 42.9 Å². The van der Waals surface area contributed by atoms with E-state index in [1.807, 2.05) is 84.9 Å². The largest absolute Gasteiger partial charge is 0.496 e. The average Bonchev–Trinajstić information content (AvgIpc) is 3.24. The molecule has 0 bridgehead atoms. The van der Waals surface area contributed by atoms with Gasteiger partial charge in [0.1, 0.15) is 36.2 Å². The van der Waals surface area contributed by atoms with Crippen LogP contribution in [0.15, 0.2) is 116 Å². The summed E-state index contributed by atoms with van der Waals surface area (Å²) in [4.78, 5) is 54.2. The van der Waals surface area contributed by atoms with E-state index in [9.17, 15) is 19.2 Å². The number of unbranched alkanes of at least 4 members (excludes halogenated alkanes) is 1. The van der Waals surface area contributed by atoms with Crippen molar-refractivity contribution in [1.82, 2.24) is 16.0 Å². The lowest BCUT2D eigenvalue weighted by atomic mass is 9.87. The van der Waals surface area contributed by atoms with E-state index in [2.05, 4.69) is 47.0 Å². The fraction of sp³-hybridized carbons (Fsp3) is 0.292. The lowest BCUT2D eigenvalue weighted by Gasteiger charge is -2.26. The first-order valence-electron chi connectivity index (χ1n) is 19.9. The van der Waals surface area contributed by atoms with Gasteiger partial charge in [0.25, 0.3) is 0 Å². The zero-order valence-electron chi connectivity index (χ0n) is 34.2. The highest BCUT2D eigenvalue weighted by Gasteiger charge is 2.31. The normalized spacial score (nSPS) is 12.5. The molecule has 0 fully saturated rings. The molecule has 0 aliphatic heterocycles. The molecule has 3 atom stereocenters. The molecule has 5 aromatic rings. The number of nitrogens with one attached hydrogen (secondary N) is 3. The molecule has 0 saturated carbocycles. The van der Waals surface area contributed by atoms with Gasteiger partial charge in [0.15, 0.2) is 0 Å². The summed E-state index contributed by atoms with van der Waals surface area (Å²) in [5.41, 5.74) is 7.93. The van der Waals surface area contributed by atoms with Crippen LogP contribution in [0.2, 0.25) is 0 Å². The molecule has 5 rings (SSSR count). The van der Waals surface area contributed by atoms with Gasteiger partial charge in [-0.25, -0.2) is 4.79 Å². The Morgan fingerprint density at radius 1 is 0.695 bits per heavy atom. The van der Waals surface area contributed by atoms with Crippen LogP contribution in [-0.4, -0.2) is 62.6 Å². The topological polar surface area (TPSA) is 160 Å². The number of hydrogen-bond donors (Lipinski definition) is 4. The van der Waals surface area contributed by atoms with Crippen molar-refractivity contribution < 1.29 is 39.1 Å². The molecule has 5 aromatic carbocycles. The van der Waals surface area contributed by atoms with Crippen molar-refractivity contribution in [2.24, 2.45) is 0 Å². The standard InChI is InChI=1S/C48H54N4O7/c1-6-17-35-27-33-21-11-13-23-37(33)42(44(35)57-4)43-38-24-14-12-22-34(38)28-36(45(43)58-5)29-41(50-31(3)53)47(55)51-39(25-15-16-26-49)46(54)52-40(18-7-2)48(56)59-30-32-19-9-8-10-20-32/h6-14,19-24,27-28,39-41H,1-2,15-18,25-26,29-30,49H2,3-5H3,(H,50,53)(H,51,55)(H,52,54)/p+1/t39-,40+,41?/m1/s1. The first-order chi connectivity index (χ1) is 28.6. The number of benzene rings is 5. The summed E-state index contributed by atoms with van der Waals surface area (Å²) in [6.45, 7) is 9.75. The maximum Gasteiger partial charge on any atom is 0.329 e. The Bertz CT molecular complexity index is 2290. The lowest BCUT2D eigenvalue weighted by molar-refractivity contribution is -0.368. The van der Waals surface area contributed by atoms with E-state index < -0.39 is 41.8 Å². The molecule has 0 aliphatic rings. The minimum absolute atomic E-state index is 0.0249. The number of amides is 3. The third-order valence-electron chi connectivity index (χ3n) is 10.2. The van der Waals surface area contributed by atoms with Crippen molar-refractivity contribution in [3.63, 3.8) is 0 Å². The van der Waals surface area contributed by atoms with Gasteiger partial charge in [0.05, 0.1) is 20.8 Å². The van der Waals surface area contributed by atoms with Crippen LogP contribution >= 0.6 is 0 Å². The second kappa shape index (κ2) is 21.3. The number of allylic oxidation sites excluding steroid dienone is 1. The summed E-state index contributed by atoms with van der Waals surface area (Å²) in [5.74, 6) is -1.00. The van der Waals surface area contributed by atoms with E-state index in [1.165, 1.54) is 13.0 Å². The summed E-state index contributed by atoms with van der Waals surface area (Å²) < 4.78 is 17.9. The van der Waals surface area contributed by atoms with Crippen LogP contribution in [0.3, 0.4) is 0 Å². The van der Waals surface area contributed by atoms with Gasteiger partial charge < -0.3 is 35.9 Å². The lowest BCUT2D eigenvalue weighted by Crippen LogP contribution is -2.56. The van der Waals surface area contributed by atoms with Crippen molar-refractivity contribution in [2.75, 3.05) is 20.8 Å². The first kappa shape index (κ1) is 43.7. The van der Waals surface area contributed by atoms with E-state index >= 15 is 0 Å². The van der Waals surface area contributed by atoms with Crippen LogP contribution in [0.5, 0.6) is 11.5 Å². The fourth-order valence-electron chi connectivity index (χ4n) is 7.42. The monoisotopic (exact) mass is 799 g/mol. The predicted octanol–water partition coefficient (Wildman–Crippen LogP) is 6.15. The summed E-state index contributed by atoms with van der Waals surface area (Å²) in [5, 5.41) is 12.2. The molecular weight excluding hydrogens is 745 g/mol. The zero-order valence-corrected chi connectivity index (χ0v) is 34.2. The third-order valence-corrected chi connectivity index (χ3v) is 10.2. The Balaban J connectivity index is 1.52. The predicted molar refractivity (Wildman–Crippen MR) is 232 cm³/mol. The quantitative estimate of drug-likeness (QED) is 0.0394. The molecule has 11 nitrogen and oxygen atoms in total. The molecular formula is C48H55N4O7+. The molecule has 3 amide bonds. The van der Waals surface area contributed by atoms with E-state index in [1.54, 1.807) is 14.2 Å². The number of hydrogen-bond acceptors (Lipinski definition) is 7. The Labute approximate surface area is 346 Å². The van der Waals surface area contributed by atoms with Crippen molar-refractivity contribution in [1.29, 1.82) is 0 Å². The maximum absolute atomic E-state index is 14.3. The second-order valence-electron chi connectivity index (χ2n) is 14.4. The molecule has 0 heterocycles. The first-order valence-corrected chi connectivity index (χ1v) is 19.9. The molecule has 0 spiro atoms.